The largest absolute Gasteiger partial charge is 0.462 e. The zero-order valence-electron chi connectivity index (χ0n) is 36.9. The Morgan fingerprint density at radius 3 is 1.27 bits per heavy atom. The predicted molar refractivity (Wildman–Crippen MR) is 236 cm³/mol. The third-order valence-electron chi connectivity index (χ3n) is 11.3. The Bertz CT molecular complexity index is 819. The van der Waals surface area contributed by atoms with Gasteiger partial charge < -0.3 is 19.3 Å². The van der Waals surface area contributed by atoms with Gasteiger partial charge in [0.1, 0.15) is 12.2 Å². The molecule has 8 heteroatoms. The molecule has 1 fully saturated rings. The number of esters is 2. The number of carbonyl (C=O) groups is 3. The van der Waals surface area contributed by atoms with E-state index in [1.165, 1.54) is 140 Å². The topological polar surface area (TPSA) is 76.1 Å². The molecule has 1 aliphatic heterocycles. The summed E-state index contributed by atoms with van der Waals surface area (Å²) in [6.07, 6.45) is 34.7. The number of hydrogen-bond donors (Lipinski definition) is 0. The number of hydrogen-bond acceptors (Lipinski definition) is 7. The van der Waals surface area contributed by atoms with Crippen molar-refractivity contribution in [3.8, 4) is 0 Å². The van der Waals surface area contributed by atoms with E-state index < -0.39 is 0 Å². The van der Waals surface area contributed by atoms with Gasteiger partial charge in [-0.15, -0.1) is 0 Å². The number of rotatable bonds is 39. The van der Waals surface area contributed by atoms with Crippen molar-refractivity contribution in [3.63, 3.8) is 0 Å². The van der Waals surface area contributed by atoms with Crippen LogP contribution in [0.25, 0.3) is 0 Å². The van der Waals surface area contributed by atoms with E-state index in [0.717, 1.165) is 76.5 Å². The fraction of sp³-hybridized carbons (Fsp3) is 0.936. The molecule has 0 saturated carbocycles. The van der Waals surface area contributed by atoms with Gasteiger partial charge in [0.05, 0.1) is 0 Å². The molecule has 55 heavy (non-hydrogen) atoms. The molecule has 1 heterocycles. The van der Waals surface area contributed by atoms with E-state index in [0.29, 0.717) is 38.8 Å². The fourth-order valence-corrected chi connectivity index (χ4v) is 8.62. The highest BCUT2D eigenvalue weighted by atomic mass is 32.2. The van der Waals surface area contributed by atoms with Crippen LogP contribution in [0, 0.1) is 0 Å². The Hall–Kier alpha value is -1.28. The van der Waals surface area contributed by atoms with Crippen molar-refractivity contribution in [1.29, 1.82) is 0 Å². The second-order valence-corrected chi connectivity index (χ2v) is 17.6. The molecule has 1 aliphatic rings. The third-order valence-corrected chi connectivity index (χ3v) is 12.3. The smallest absolute Gasteiger partial charge is 0.306 e. The number of nitrogens with zero attached hydrogens (tertiary/aromatic N) is 2. The van der Waals surface area contributed by atoms with Gasteiger partial charge in [0.2, 0.25) is 0 Å². The maximum atomic E-state index is 13.5. The van der Waals surface area contributed by atoms with Crippen molar-refractivity contribution < 1.29 is 23.9 Å². The van der Waals surface area contributed by atoms with E-state index in [4.69, 9.17) is 9.47 Å². The van der Waals surface area contributed by atoms with Crippen LogP contribution >= 0.6 is 11.8 Å². The molecule has 0 aliphatic carbocycles. The van der Waals surface area contributed by atoms with E-state index in [1.807, 2.05) is 4.90 Å². The number of ether oxygens (including phenoxy) is 2. The molecule has 7 nitrogen and oxygen atoms in total. The average molecular weight is 795 g/mol. The zero-order valence-corrected chi connectivity index (χ0v) is 37.7. The van der Waals surface area contributed by atoms with Crippen LogP contribution in [0.1, 0.15) is 233 Å². The molecule has 0 radical (unpaired) electrons. The molecular formula is C47H90N2O5S. The summed E-state index contributed by atoms with van der Waals surface area (Å²) >= 11 is 1.40. The van der Waals surface area contributed by atoms with Gasteiger partial charge in [-0.2, -0.15) is 0 Å². The predicted octanol–water partition coefficient (Wildman–Crippen LogP) is 13.8. The lowest BCUT2D eigenvalue weighted by molar-refractivity contribution is -0.150. The Kier molecular flexibility index (Phi) is 36.0. The first-order valence-corrected chi connectivity index (χ1v) is 24.9. The third kappa shape index (κ3) is 31.4. The minimum absolute atomic E-state index is 0.00660. The lowest BCUT2D eigenvalue weighted by Crippen LogP contribution is -2.31. The molecule has 0 N–H and O–H groups in total. The summed E-state index contributed by atoms with van der Waals surface area (Å²) in [5, 5.41) is 0.0666. The van der Waals surface area contributed by atoms with Gasteiger partial charge in [-0.05, 0) is 110 Å². The van der Waals surface area contributed by atoms with Crippen LogP contribution in [0.15, 0.2) is 0 Å². The quantitative estimate of drug-likeness (QED) is 0.0453. The Balaban J connectivity index is 2.68. The SMILES string of the molecule is CCCCCCCC(CCCCCCC)OC(=O)CCCN(CCCC(=O)OC(CCCCCCC)CCCCCCC)C(=O)SCCCCN1CCCC1. The molecule has 0 atom stereocenters. The van der Waals surface area contributed by atoms with E-state index in [-0.39, 0.29) is 29.4 Å². The summed E-state index contributed by atoms with van der Waals surface area (Å²) in [5.74, 6) is 0.546. The van der Waals surface area contributed by atoms with Crippen LogP contribution < -0.4 is 0 Å². The van der Waals surface area contributed by atoms with Gasteiger partial charge in [-0.25, -0.2) is 0 Å². The summed E-state index contributed by atoms with van der Waals surface area (Å²) in [6.45, 7) is 13.5. The van der Waals surface area contributed by atoms with Crippen LogP contribution in [0.3, 0.4) is 0 Å². The second kappa shape index (κ2) is 38.2. The Morgan fingerprint density at radius 2 is 0.891 bits per heavy atom. The minimum atomic E-state index is -0.131. The molecule has 1 rings (SSSR count). The van der Waals surface area contributed by atoms with Gasteiger partial charge in [0.15, 0.2) is 0 Å². The van der Waals surface area contributed by atoms with Crippen LogP contribution in [0.5, 0.6) is 0 Å². The Labute approximate surface area is 345 Å². The zero-order chi connectivity index (χ0) is 40.0. The lowest BCUT2D eigenvalue weighted by atomic mass is 10.0. The molecule has 0 spiro atoms. The molecule has 0 aromatic heterocycles. The molecular weight excluding hydrogens is 705 g/mol. The van der Waals surface area contributed by atoms with Crippen molar-refractivity contribution in [2.75, 3.05) is 38.5 Å². The molecule has 0 unspecified atom stereocenters. The summed E-state index contributed by atoms with van der Waals surface area (Å²) in [7, 11) is 0. The number of unbranched alkanes of at least 4 members (excludes halogenated alkanes) is 17. The summed E-state index contributed by atoms with van der Waals surface area (Å²) in [6, 6.07) is 0. The van der Waals surface area contributed by atoms with Gasteiger partial charge >= 0.3 is 11.9 Å². The number of carbonyl (C=O) groups excluding carboxylic acids is 3. The highest BCUT2D eigenvalue weighted by Gasteiger charge is 2.20. The van der Waals surface area contributed by atoms with Crippen molar-refractivity contribution in [1.82, 2.24) is 9.80 Å². The van der Waals surface area contributed by atoms with Gasteiger partial charge in [-0.3, -0.25) is 14.4 Å². The van der Waals surface area contributed by atoms with E-state index in [9.17, 15) is 14.4 Å². The summed E-state index contributed by atoms with van der Waals surface area (Å²) in [4.78, 5) is 44.1. The maximum Gasteiger partial charge on any atom is 0.306 e. The molecule has 324 valence electrons. The number of likely N-dealkylation sites (tertiary alicyclic amines) is 1. The standard InChI is InChI=1S/C47H90N2O5S/c1-5-9-13-17-21-31-43(32-22-18-14-10-6-2)53-45(50)35-29-40-49(47(52)55-42-28-27-39-48-37-25-26-38-48)41-30-36-46(51)54-44(33-23-19-15-11-7-3)34-24-20-16-12-8-4/h43-44H,5-42H2,1-4H3. The lowest BCUT2D eigenvalue weighted by Gasteiger charge is -2.23. The summed E-state index contributed by atoms with van der Waals surface area (Å²) in [5.41, 5.74) is 0. The number of amides is 1. The van der Waals surface area contributed by atoms with Crippen LogP contribution in [0.2, 0.25) is 0 Å². The molecule has 0 bridgehead atoms. The molecule has 0 aromatic rings. The highest BCUT2D eigenvalue weighted by Crippen LogP contribution is 2.20. The molecule has 0 aromatic carbocycles. The molecule has 1 saturated heterocycles. The van der Waals surface area contributed by atoms with E-state index >= 15 is 0 Å². The van der Waals surface area contributed by atoms with E-state index in [2.05, 4.69) is 32.6 Å². The second-order valence-electron chi connectivity index (χ2n) is 16.6. The van der Waals surface area contributed by atoms with Crippen molar-refractivity contribution in [2.45, 2.75) is 245 Å². The first-order chi connectivity index (χ1) is 26.9. The van der Waals surface area contributed by atoms with Crippen LogP contribution in [-0.4, -0.2) is 77.7 Å². The van der Waals surface area contributed by atoms with E-state index in [1.54, 1.807) is 0 Å². The normalized spacial score (nSPS) is 13.3. The highest BCUT2D eigenvalue weighted by molar-refractivity contribution is 8.13. The van der Waals surface area contributed by atoms with Crippen molar-refractivity contribution in [3.05, 3.63) is 0 Å². The van der Waals surface area contributed by atoms with Crippen molar-refractivity contribution >= 4 is 28.9 Å². The Morgan fingerprint density at radius 1 is 0.509 bits per heavy atom. The van der Waals surface area contributed by atoms with Gasteiger partial charge in [0.25, 0.3) is 5.24 Å². The maximum absolute atomic E-state index is 13.5. The first kappa shape index (κ1) is 51.7. The average Bonchev–Trinajstić information content (AvgIpc) is 3.70. The van der Waals surface area contributed by atoms with Crippen LogP contribution in [-0.2, 0) is 19.1 Å². The van der Waals surface area contributed by atoms with Gasteiger partial charge in [-0.1, -0.05) is 142 Å². The number of thioether (sulfide) groups is 1. The first-order valence-electron chi connectivity index (χ1n) is 24.0. The van der Waals surface area contributed by atoms with Crippen molar-refractivity contribution in [2.24, 2.45) is 0 Å². The summed E-state index contributed by atoms with van der Waals surface area (Å²) < 4.78 is 12.1. The molecule has 1 amide bonds. The van der Waals surface area contributed by atoms with Gasteiger partial charge in [0, 0.05) is 31.7 Å². The fourth-order valence-electron chi connectivity index (χ4n) is 7.73. The van der Waals surface area contributed by atoms with Crippen LogP contribution in [0.4, 0.5) is 4.79 Å². The minimum Gasteiger partial charge on any atom is -0.462 e. The monoisotopic (exact) mass is 795 g/mol.